The van der Waals surface area contributed by atoms with E-state index in [0.717, 1.165) is 21.3 Å². The summed E-state index contributed by atoms with van der Waals surface area (Å²) in [6, 6.07) is 11.3. The summed E-state index contributed by atoms with van der Waals surface area (Å²) in [4.78, 5) is 0. The van der Waals surface area contributed by atoms with Gasteiger partial charge in [-0.3, -0.25) is 0 Å². The molecule has 0 saturated carbocycles. The van der Waals surface area contributed by atoms with Gasteiger partial charge in [-0.25, -0.2) is 0 Å². The topological polar surface area (TPSA) is 9.23 Å². The molecule has 1 nitrogen and oxygen atoms in total. The normalized spacial score (nSPS) is 10.4. The highest BCUT2D eigenvalue weighted by Crippen LogP contribution is 2.27. The van der Waals surface area contributed by atoms with Crippen LogP contribution in [0.15, 0.2) is 40.9 Å². The summed E-state index contributed by atoms with van der Waals surface area (Å²) in [5.74, 6) is 0.828. The Kier molecular flexibility index (Phi) is 4.55. The highest BCUT2D eigenvalue weighted by Gasteiger charge is 2.07. The third-order valence-electron chi connectivity index (χ3n) is 2.57. The van der Waals surface area contributed by atoms with Crippen LogP contribution in [-0.4, -0.2) is 0 Å². The van der Waals surface area contributed by atoms with E-state index in [2.05, 4.69) is 15.9 Å². The van der Waals surface area contributed by atoms with E-state index in [1.807, 2.05) is 31.2 Å². The van der Waals surface area contributed by atoms with Crippen LogP contribution in [0.3, 0.4) is 0 Å². The molecular formula is C14H11BrCl2O. The molecule has 0 fully saturated rings. The summed E-state index contributed by atoms with van der Waals surface area (Å²) < 4.78 is 6.78. The SMILES string of the molecule is Cc1cc(Br)ccc1OCc1c(Cl)cccc1Cl. The average Bonchev–Trinajstić information content (AvgIpc) is 2.31. The minimum absolute atomic E-state index is 0.362. The fourth-order valence-electron chi connectivity index (χ4n) is 1.59. The third kappa shape index (κ3) is 3.19. The molecule has 0 N–H and O–H groups in total. The summed E-state index contributed by atoms with van der Waals surface area (Å²) >= 11 is 15.6. The zero-order chi connectivity index (χ0) is 13.1. The predicted molar refractivity (Wildman–Crippen MR) is 79.7 cm³/mol. The lowest BCUT2D eigenvalue weighted by Crippen LogP contribution is -1.98. The number of ether oxygens (including phenoxy) is 1. The number of aryl methyl sites for hydroxylation is 1. The van der Waals surface area contributed by atoms with Crippen LogP contribution < -0.4 is 4.74 Å². The minimum Gasteiger partial charge on any atom is -0.489 e. The first-order valence-corrected chi connectivity index (χ1v) is 6.94. The molecule has 0 amide bonds. The Morgan fingerprint density at radius 1 is 1.11 bits per heavy atom. The first kappa shape index (κ1) is 13.7. The van der Waals surface area contributed by atoms with Crippen molar-refractivity contribution in [3.63, 3.8) is 0 Å². The van der Waals surface area contributed by atoms with Gasteiger partial charge in [0.1, 0.15) is 12.4 Å². The summed E-state index contributed by atoms with van der Waals surface area (Å²) in [5, 5.41) is 1.24. The maximum absolute atomic E-state index is 6.09. The predicted octanol–water partition coefficient (Wildman–Crippen LogP) is 5.64. The molecule has 0 heterocycles. The van der Waals surface area contributed by atoms with Gasteiger partial charge in [-0.1, -0.05) is 45.2 Å². The van der Waals surface area contributed by atoms with Crippen LogP contribution in [-0.2, 0) is 6.61 Å². The molecule has 0 bridgehead atoms. The fourth-order valence-corrected chi connectivity index (χ4v) is 2.58. The van der Waals surface area contributed by atoms with Crippen molar-refractivity contribution in [1.29, 1.82) is 0 Å². The first-order chi connectivity index (χ1) is 8.58. The van der Waals surface area contributed by atoms with Crippen LogP contribution in [0.25, 0.3) is 0 Å². The van der Waals surface area contributed by atoms with Gasteiger partial charge < -0.3 is 4.74 Å². The van der Waals surface area contributed by atoms with Gasteiger partial charge in [0.25, 0.3) is 0 Å². The molecule has 0 aliphatic rings. The lowest BCUT2D eigenvalue weighted by Gasteiger charge is -2.11. The van der Waals surface area contributed by atoms with Crippen molar-refractivity contribution in [3.05, 3.63) is 62.0 Å². The van der Waals surface area contributed by atoms with E-state index in [9.17, 15) is 0 Å². The molecule has 4 heteroatoms. The second kappa shape index (κ2) is 5.96. The van der Waals surface area contributed by atoms with Crippen molar-refractivity contribution < 1.29 is 4.74 Å². The van der Waals surface area contributed by atoms with Crippen molar-refractivity contribution >= 4 is 39.1 Å². The van der Waals surface area contributed by atoms with E-state index in [1.54, 1.807) is 12.1 Å². The largest absolute Gasteiger partial charge is 0.489 e. The zero-order valence-corrected chi connectivity index (χ0v) is 12.8. The molecule has 0 aliphatic heterocycles. The molecule has 2 rings (SSSR count). The Labute approximate surface area is 125 Å². The number of hydrogen-bond acceptors (Lipinski definition) is 1. The van der Waals surface area contributed by atoms with Gasteiger partial charge in [0.2, 0.25) is 0 Å². The van der Waals surface area contributed by atoms with Gasteiger partial charge in [0.15, 0.2) is 0 Å². The van der Waals surface area contributed by atoms with Crippen molar-refractivity contribution in [3.8, 4) is 5.75 Å². The molecule has 94 valence electrons. The Morgan fingerprint density at radius 3 is 2.39 bits per heavy atom. The lowest BCUT2D eigenvalue weighted by molar-refractivity contribution is 0.304. The summed E-state index contributed by atoms with van der Waals surface area (Å²) in [6.07, 6.45) is 0. The smallest absolute Gasteiger partial charge is 0.122 e. The third-order valence-corrected chi connectivity index (χ3v) is 3.77. The van der Waals surface area contributed by atoms with E-state index in [0.29, 0.717) is 16.7 Å². The highest BCUT2D eigenvalue weighted by atomic mass is 79.9. The Hall–Kier alpha value is -0.700. The van der Waals surface area contributed by atoms with E-state index < -0.39 is 0 Å². The van der Waals surface area contributed by atoms with E-state index in [-0.39, 0.29) is 0 Å². The second-order valence-electron chi connectivity index (χ2n) is 3.90. The maximum Gasteiger partial charge on any atom is 0.122 e. The van der Waals surface area contributed by atoms with Gasteiger partial charge in [0, 0.05) is 20.1 Å². The molecule has 0 atom stereocenters. The van der Waals surface area contributed by atoms with Crippen LogP contribution in [0, 0.1) is 6.92 Å². The second-order valence-corrected chi connectivity index (χ2v) is 5.63. The molecule has 0 aliphatic carbocycles. The standard InChI is InChI=1S/C14H11BrCl2O/c1-9-7-10(15)5-6-14(9)18-8-11-12(16)3-2-4-13(11)17/h2-7H,8H2,1H3. The van der Waals surface area contributed by atoms with Crippen LogP contribution in [0.4, 0.5) is 0 Å². The maximum atomic E-state index is 6.09. The van der Waals surface area contributed by atoms with Crippen LogP contribution >= 0.6 is 39.1 Å². The van der Waals surface area contributed by atoms with Gasteiger partial charge in [-0.15, -0.1) is 0 Å². The van der Waals surface area contributed by atoms with Crippen LogP contribution in [0.2, 0.25) is 10.0 Å². The molecular weight excluding hydrogens is 335 g/mol. The lowest BCUT2D eigenvalue weighted by atomic mass is 10.2. The van der Waals surface area contributed by atoms with Crippen LogP contribution in [0.1, 0.15) is 11.1 Å². The molecule has 0 saturated heterocycles. The number of benzene rings is 2. The van der Waals surface area contributed by atoms with Crippen molar-refractivity contribution in [1.82, 2.24) is 0 Å². The number of rotatable bonds is 3. The molecule has 18 heavy (non-hydrogen) atoms. The van der Waals surface area contributed by atoms with Gasteiger partial charge in [-0.2, -0.15) is 0 Å². The van der Waals surface area contributed by atoms with Crippen LogP contribution in [0.5, 0.6) is 5.75 Å². The Bertz CT molecular complexity index is 549. The highest BCUT2D eigenvalue weighted by molar-refractivity contribution is 9.10. The molecule has 0 unspecified atom stereocenters. The molecule has 2 aromatic rings. The Balaban J connectivity index is 2.16. The zero-order valence-electron chi connectivity index (χ0n) is 9.71. The Morgan fingerprint density at radius 2 is 1.78 bits per heavy atom. The number of halogens is 3. The summed E-state index contributed by atoms with van der Waals surface area (Å²) in [7, 11) is 0. The fraction of sp³-hybridized carbons (Fsp3) is 0.143. The quantitative estimate of drug-likeness (QED) is 0.699. The minimum atomic E-state index is 0.362. The summed E-state index contributed by atoms with van der Waals surface area (Å²) in [5.41, 5.74) is 1.87. The molecule has 0 spiro atoms. The average molecular weight is 346 g/mol. The van der Waals surface area contributed by atoms with Gasteiger partial charge in [0.05, 0.1) is 0 Å². The molecule has 0 radical (unpaired) electrons. The molecule has 2 aromatic carbocycles. The summed E-state index contributed by atoms with van der Waals surface area (Å²) in [6.45, 7) is 2.36. The number of hydrogen-bond donors (Lipinski definition) is 0. The van der Waals surface area contributed by atoms with Gasteiger partial charge in [-0.05, 0) is 42.8 Å². The van der Waals surface area contributed by atoms with Crippen molar-refractivity contribution in [2.75, 3.05) is 0 Å². The van der Waals surface area contributed by atoms with E-state index in [1.165, 1.54) is 0 Å². The van der Waals surface area contributed by atoms with Crippen molar-refractivity contribution in [2.24, 2.45) is 0 Å². The van der Waals surface area contributed by atoms with Gasteiger partial charge >= 0.3 is 0 Å². The monoisotopic (exact) mass is 344 g/mol. The first-order valence-electron chi connectivity index (χ1n) is 5.40. The molecule has 0 aromatic heterocycles. The van der Waals surface area contributed by atoms with E-state index >= 15 is 0 Å². The van der Waals surface area contributed by atoms with Crippen molar-refractivity contribution in [2.45, 2.75) is 13.5 Å². The van der Waals surface area contributed by atoms with E-state index in [4.69, 9.17) is 27.9 Å².